The first-order valence-corrected chi connectivity index (χ1v) is 4.08. The quantitative estimate of drug-likeness (QED) is 0.565. The summed E-state index contributed by atoms with van der Waals surface area (Å²) in [5.74, 6) is 6.48. The normalized spacial score (nSPS) is 9.09. The number of carbonyl (C=O) groups is 1. The molecule has 1 nitrogen and oxygen atoms in total. The van der Waals surface area contributed by atoms with Gasteiger partial charge < -0.3 is 0 Å². The number of ketones is 1. The summed E-state index contributed by atoms with van der Waals surface area (Å²) >= 11 is 0. The van der Waals surface area contributed by atoms with Gasteiger partial charge in [0.15, 0.2) is 0 Å². The average molecular weight is 152 g/mol. The van der Waals surface area contributed by atoms with Crippen LogP contribution in [0.3, 0.4) is 0 Å². The summed E-state index contributed by atoms with van der Waals surface area (Å²) in [5, 5.41) is 0. The minimum atomic E-state index is 0.336. The van der Waals surface area contributed by atoms with Crippen LogP contribution >= 0.6 is 0 Å². The molecule has 0 fully saturated rings. The molecule has 0 saturated heterocycles. The second-order valence-electron chi connectivity index (χ2n) is 3.06. The lowest BCUT2D eigenvalue weighted by molar-refractivity contribution is -0.119. The van der Waals surface area contributed by atoms with E-state index in [4.69, 9.17) is 0 Å². The Hall–Kier alpha value is -0.770. The standard InChI is InChI=1S/C10H16O/c1-4-5-6-7-10(11)8-9(2)3/h9H,6-8H2,1-3H3. The molecule has 0 rings (SSSR count). The topological polar surface area (TPSA) is 17.1 Å². The molecule has 0 radical (unpaired) electrons. The van der Waals surface area contributed by atoms with Crippen molar-refractivity contribution in [1.29, 1.82) is 0 Å². The van der Waals surface area contributed by atoms with Gasteiger partial charge in [0.25, 0.3) is 0 Å². The Morgan fingerprint density at radius 3 is 2.55 bits per heavy atom. The average Bonchev–Trinajstić information content (AvgIpc) is 1.86. The van der Waals surface area contributed by atoms with E-state index in [1.165, 1.54) is 0 Å². The van der Waals surface area contributed by atoms with E-state index in [2.05, 4.69) is 25.7 Å². The summed E-state index contributed by atoms with van der Waals surface area (Å²) < 4.78 is 0. The third-order valence-electron chi connectivity index (χ3n) is 1.34. The molecule has 0 aliphatic heterocycles. The second-order valence-corrected chi connectivity index (χ2v) is 3.06. The Morgan fingerprint density at radius 2 is 2.09 bits per heavy atom. The van der Waals surface area contributed by atoms with E-state index >= 15 is 0 Å². The van der Waals surface area contributed by atoms with Crippen LogP contribution in [0.25, 0.3) is 0 Å². The van der Waals surface area contributed by atoms with E-state index in [-0.39, 0.29) is 0 Å². The van der Waals surface area contributed by atoms with Crippen LogP contribution in [-0.2, 0) is 4.79 Å². The van der Waals surface area contributed by atoms with Crippen LogP contribution < -0.4 is 0 Å². The number of hydrogen-bond acceptors (Lipinski definition) is 1. The maximum absolute atomic E-state index is 11.1. The van der Waals surface area contributed by atoms with E-state index in [1.54, 1.807) is 6.92 Å². The molecule has 0 aromatic carbocycles. The zero-order chi connectivity index (χ0) is 8.69. The predicted octanol–water partition coefficient (Wildman–Crippen LogP) is 2.41. The molecule has 0 N–H and O–H groups in total. The molecule has 0 saturated carbocycles. The molecule has 0 aliphatic carbocycles. The molecule has 1 heteroatoms. The smallest absolute Gasteiger partial charge is 0.134 e. The van der Waals surface area contributed by atoms with E-state index in [0.717, 1.165) is 6.42 Å². The molecule has 0 heterocycles. The zero-order valence-corrected chi connectivity index (χ0v) is 7.61. The molecule has 11 heavy (non-hydrogen) atoms. The van der Waals surface area contributed by atoms with Gasteiger partial charge in [0.1, 0.15) is 5.78 Å². The molecule has 0 aromatic heterocycles. The first kappa shape index (κ1) is 10.2. The molecule has 0 bridgehead atoms. The summed E-state index contributed by atoms with van der Waals surface area (Å²) in [7, 11) is 0. The van der Waals surface area contributed by atoms with E-state index < -0.39 is 0 Å². The first-order chi connectivity index (χ1) is 5.16. The molecule has 0 spiro atoms. The van der Waals surface area contributed by atoms with Gasteiger partial charge >= 0.3 is 0 Å². The third-order valence-corrected chi connectivity index (χ3v) is 1.34. The molecule has 0 unspecified atom stereocenters. The predicted molar refractivity (Wildman–Crippen MR) is 47.1 cm³/mol. The minimum absolute atomic E-state index is 0.336. The van der Waals surface area contributed by atoms with Gasteiger partial charge in [-0.05, 0) is 12.8 Å². The Kier molecular flexibility index (Phi) is 5.56. The lowest BCUT2D eigenvalue weighted by atomic mass is 10.0. The summed E-state index contributed by atoms with van der Waals surface area (Å²) in [6.07, 6.45) is 2.05. The first-order valence-electron chi connectivity index (χ1n) is 4.08. The maximum atomic E-state index is 11.1. The number of hydrogen-bond donors (Lipinski definition) is 0. The highest BCUT2D eigenvalue weighted by Gasteiger charge is 2.02. The molecule has 0 aromatic rings. The Labute approximate surface area is 69.2 Å². The molecule has 0 amide bonds. The lowest BCUT2D eigenvalue weighted by Gasteiger charge is -2.00. The number of rotatable bonds is 4. The van der Waals surface area contributed by atoms with Gasteiger partial charge in [0.05, 0.1) is 0 Å². The SMILES string of the molecule is CC#CCCC(=O)CC(C)C. The molecule has 0 atom stereocenters. The van der Waals surface area contributed by atoms with E-state index in [0.29, 0.717) is 24.5 Å². The highest BCUT2D eigenvalue weighted by atomic mass is 16.1. The van der Waals surface area contributed by atoms with Crippen molar-refractivity contribution in [2.45, 2.75) is 40.0 Å². The van der Waals surface area contributed by atoms with Crippen molar-refractivity contribution in [1.82, 2.24) is 0 Å². The van der Waals surface area contributed by atoms with Gasteiger partial charge in [-0.15, -0.1) is 11.8 Å². The van der Waals surface area contributed by atoms with Gasteiger partial charge in [-0.3, -0.25) is 4.79 Å². The van der Waals surface area contributed by atoms with Crippen LogP contribution in [0, 0.1) is 17.8 Å². The monoisotopic (exact) mass is 152 g/mol. The molecule has 62 valence electrons. The highest BCUT2D eigenvalue weighted by molar-refractivity contribution is 5.78. The van der Waals surface area contributed by atoms with Crippen LogP contribution in [0.4, 0.5) is 0 Å². The lowest BCUT2D eigenvalue weighted by Crippen LogP contribution is -2.01. The maximum Gasteiger partial charge on any atom is 0.134 e. The Bertz CT molecular complexity index is 169. The van der Waals surface area contributed by atoms with Crippen LogP contribution in [0.15, 0.2) is 0 Å². The van der Waals surface area contributed by atoms with Crippen molar-refractivity contribution in [2.24, 2.45) is 5.92 Å². The van der Waals surface area contributed by atoms with Crippen molar-refractivity contribution in [3.63, 3.8) is 0 Å². The fourth-order valence-corrected chi connectivity index (χ4v) is 0.884. The van der Waals surface area contributed by atoms with E-state index in [1.807, 2.05) is 0 Å². The highest BCUT2D eigenvalue weighted by Crippen LogP contribution is 2.03. The minimum Gasteiger partial charge on any atom is -0.300 e. The zero-order valence-electron chi connectivity index (χ0n) is 7.61. The fraction of sp³-hybridized carbons (Fsp3) is 0.700. The van der Waals surface area contributed by atoms with Gasteiger partial charge in [0, 0.05) is 19.3 Å². The Morgan fingerprint density at radius 1 is 1.45 bits per heavy atom. The molecular weight excluding hydrogens is 136 g/mol. The van der Waals surface area contributed by atoms with Gasteiger partial charge in [-0.2, -0.15) is 0 Å². The van der Waals surface area contributed by atoms with Crippen molar-refractivity contribution in [2.75, 3.05) is 0 Å². The van der Waals surface area contributed by atoms with Crippen molar-refractivity contribution in [3.05, 3.63) is 0 Å². The van der Waals surface area contributed by atoms with Crippen LogP contribution in [0.1, 0.15) is 40.0 Å². The Balaban J connectivity index is 3.43. The van der Waals surface area contributed by atoms with E-state index in [9.17, 15) is 4.79 Å². The fourth-order valence-electron chi connectivity index (χ4n) is 0.884. The van der Waals surface area contributed by atoms with Crippen molar-refractivity contribution < 1.29 is 4.79 Å². The summed E-state index contributed by atoms with van der Waals surface area (Å²) in [6.45, 7) is 5.92. The summed E-state index contributed by atoms with van der Waals surface area (Å²) in [6, 6.07) is 0. The van der Waals surface area contributed by atoms with Crippen LogP contribution in [0.2, 0.25) is 0 Å². The van der Waals surface area contributed by atoms with Gasteiger partial charge in [-0.25, -0.2) is 0 Å². The van der Waals surface area contributed by atoms with Gasteiger partial charge in [-0.1, -0.05) is 13.8 Å². The molecule has 0 aliphatic rings. The number of carbonyl (C=O) groups excluding carboxylic acids is 1. The van der Waals surface area contributed by atoms with Crippen LogP contribution in [-0.4, -0.2) is 5.78 Å². The van der Waals surface area contributed by atoms with Crippen molar-refractivity contribution in [3.8, 4) is 11.8 Å². The van der Waals surface area contributed by atoms with Gasteiger partial charge in [0.2, 0.25) is 0 Å². The summed E-state index contributed by atoms with van der Waals surface area (Å²) in [5.41, 5.74) is 0. The van der Waals surface area contributed by atoms with Crippen LogP contribution in [0.5, 0.6) is 0 Å². The van der Waals surface area contributed by atoms with Crippen molar-refractivity contribution >= 4 is 5.78 Å². The molecular formula is C10H16O. The summed E-state index contributed by atoms with van der Waals surface area (Å²) in [4.78, 5) is 11.1. The second kappa shape index (κ2) is 5.97. The largest absolute Gasteiger partial charge is 0.300 e. The third kappa shape index (κ3) is 7.12. The number of Topliss-reactive ketones (excluding diaryl/α,β-unsaturated/α-hetero) is 1.